The van der Waals surface area contributed by atoms with Crippen LogP contribution in [0, 0.1) is 0 Å². The molecule has 0 aromatic heterocycles. The van der Waals surface area contributed by atoms with E-state index in [2.05, 4.69) is 18.8 Å². The van der Waals surface area contributed by atoms with Gasteiger partial charge in [-0.15, -0.1) is 0 Å². The van der Waals surface area contributed by atoms with Crippen LogP contribution in [0.15, 0.2) is 47.4 Å². The van der Waals surface area contributed by atoms with Gasteiger partial charge in [0.25, 0.3) is 0 Å². The lowest BCUT2D eigenvalue weighted by molar-refractivity contribution is -0.858. The minimum atomic E-state index is -3.41. The minimum Gasteiger partial charge on any atom is -0.340 e. The summed E-state index contributed by atoms with van der Waals surface area (Å²) in [4.78, 5) is 1.64. The van der Waals surface area contributed by atoms with E-state index in [1.165, 1.54) is 4.90 Å². The van der Waals surface area contributed by atoms with Gasteiger partial charge in [-0.2, -0.15) is 0 Å². The molecule has 2 aromatic rings. The molecule has 0 spiro atoms. The van der Waals surface area contributed by atoms with Gasteiger partial charge >= 0.3 is 0 Å². The van der Waals surface area contributed by atoms with Gasteiger partial charge in [0.2, 0.25) is 10.0 Å². The van der Waals surface area contributed by atoms with Crippen LogP contribution in [0.5, 0.6) is 0 Å². The molecule has 0 aliphatic carbocycles. The van der Waals surface area contributed by atoms with E-state index in [0.717, 1.165) is 23.7 Å². The first kappa shape index (κ1) is 15.0. The number of rotatable bonds is 6. The molecule has 2 aromatic carbocycles. The summed E-state index contributed by atoms with van der Waals surface area (Å²) in [7, 11) is 0.698. The van der Waals surface area contributed by atoms with E-state index >= 15 is 0 Å². The van der Waals surface area contributed by atoms with E-state index in [1.54, 1.807) is 12.1 Å². The monoisotopic (exact) mass is 293 g/mol. The van der Waals surface area contributed by atoms with E-state index in [1.807, 2.05) is 30.3 Å². The van der Waals surface area contributed by atoms with Gasteiger partial charge in [0, 0.05) is 13.0 Å². The smallest absolute Gasteiger partial charge is 0.240 e. The van der Waals surface area contributed by atoms with Gasteiger partial charge in [-0.1, -0.05) is 30.3 Å². The number of hydrogen-bond acceptors (Lipinski definition) is 2. The van der Waals surface area contributed by atoms with Gasteiger partial charge in [-0.05, 0) is 22.9 Å². The average Bonchev–Trinajstić information content (AvgIpc) is 2.43. The van der Waals surface area contributed by atoms with Crippen LogP contribution in [-0.2, 0) is 10.0 Å². The quantitative estimate of drug-likeness (QED) is 0.769. The zero-order valence-electron chi connectivity index (χ0n) is 11.9. The molecule has 108 valence electrons. The zero-order valence-corrected chi connectivity index (χ0v) is 12.7. The van der Waals surface area contributed by atoms with Gasteiger partial charge < -0.3 is 4.90 Å². The number of hydrogen-bond donors (Lipinski definition) is 2. The Kier molecular flexibility index (Phi) is 4.75. The maximum Gasteiger partial charge on any atom is 0.240 e. The minimum absolute atomic E-state index is 0.327. The van der Waals surface area contributed by atoms with Crippen LogP contribution in [0.3, 0.4) is 0 Å². The summed E-state index contributed by atoms with van der Waals surface area (Å²) in [6.45, 7) is 1.42. The molecular formula is C15H21N2O2S+. The second kappa shape index (κ2) is 6.35. The lowest BCUT2D eigenvalue weighted by Crippen LogP contribution is -3.05. The average molecular weight is 293 g/mol. The maximum atomic E-state index is 12.2. The second-order valence-corrected chi connectivity index (χ2v) is 6.98. The molecule has 4 nitrogen and oxygen atoms in total. The summed E-state index contributed by atoms with van der Waals surface area (Å²) in [5.74, 6) is 0. The Hall–Kier alpha value is -1.43. The van der Waals surface area contributed by atoms with Crippen LogP contribution in [0.1, 0.15) is 6.42 Å². The van der Waals surface area contributed by atoms with Crippen LogP contribution in [-0.4, -0.2) is 35.6 Å². The van der Waals surface area contributed by atoms with Crippen molar-refractivity contribution < 1.29 is 13.3 Å². The van der Waals surface area contributed by atoms with Crippen molar-refractivity contribution in [1.29, 1.82) is 0 Å². The van der Waals surface area contributed by atoms with Crippen molar-refractivity contribution >= 4 is 20.8 Å². The Bertz CT molecular complexity index is 681. The molecule has 20 heavy (non-hydrogen) atoms. The molecule has 0 aliphatic heterocycles. The molecule has 0 saturated carbocycles. The molecule has 0 atom stereocenters. The van der Waals surface area contributed by atoms with Crippen LogP contribution in [0.2, 0.25) is 0 Å². The Morgan fingerprint density at radius 1 is 1.05 bits per heavy atom. The van der Waals surface area contributed by atoms with Crippen molar-refractivity contribution in [3.63, 3.8) is 0 Å². The highest BCUT2D eigenvalue weighted by Gasteiger charge is 2.13. The van der Waals surface area contributed by atoms with Crippen LogP contribution in [0.4, 0.5) is 0 Å². The predicted octanol–water partition coefficient (Wildman–Crippen LogP) is 0.653. The standard InChI is InChI=1S/C15H20N2O2S/c1-17(2)11-5-10-16-20(18,19)15-9-8-13-6-3-4-7-14(13)12-15/h3-4,6-9,12,16H,5,10-11H2,1-2H3/p+1. The summed E-state index contributed by atoms with van der Waals surface area (Å²) in [5, 5.41) is 1.98. The van der Waals surface area contributed by atoms with Crippen molar-refractivity contribution in [3.05, 3.63) is 42.5 Å². The molecule has 0 amide bonds. The third-order valence-electron chi connectivity index (χ3n) is 3.18. The van der Waals surface area contributed by atoms with Crippen molar-refractivity contribution in [2.45, 2.75) is 11.3 Å². The van der Waals surface area contributed by atoms with E-state index in [0.29, 0.717) is 11.4 Å². The fourth-order valence-electron chi connectivity index (χ4n) is 2.07. The molecular weight excluding hydrogens is 272 g/mol. The highest BCUT2D eigenvalue weighted by molar-refractivity contribution is 7.89. The Labute approximate surface area is 120 Å². The van der Waals surface area contributed by atoms with Gasteiger partial charge in [-0.3, -0.25) is 0 Å². The first-order valence-electron chi connectivity index (χ1n) is 6.76. The Morgan fingerprint density at radius 2 is 1.75 bits per heavy atom. The third-order valence-corrected chi connectivity index (χ3v) is 4.64. The van der Waals surface area contributed by atoms with Gasteiger partial charge in [0.05, 0.1) is 25.5 Å². The van der Waals surface area contributed by atoms with Crippen molar-refractivity contribution in [3.8, 4) is 0 Å². The molecule has 2 N–H and O–H groups in total. The molecule has 0 radical (unpaired) electrons. The molecule has 0 heterocycles. The number of nitrogens with one attached hydrogen (secondary N) is 2. The van der Waals surface area contributed by atoms with E-state index in [-0.39, 0.29) is 0 Å². The SMILES string of the molecule is C[NH+](C)CCCNS(=O)(=O)c1ccc2ccccc2c1. The molecule has 0 saturated heterocycles. The second-order valence-electron chi connectivity index (χ2n) is 5.22. The van der Waals surface area contributed by atoms with Crippen LogP contribution < -0.4 is 9.62 Å². The zero-order chi connectivity index (χ0) is 14.6. The molecule has 0 aliphatic rings. The summed E-state index contributed by atoms with van der Waals surface area (Å²) >= 11 is 0. The molecule has 0 unspecified atom stereocenters. The fraction of sp³-hybridized carbons (Fsp3) is 0.333. The van der Waals surface area contributed by atoms with Gasteiger partial charge in [0.1, 0.15) is 0 Å². The summed E-state index contributed by atoms with van der Waals surface area (Å²) in [5.41, 5.74) is 0. The summed E-state index contributed by atoms with van der Waals surface area (Å²) < 4.78 is 27.1. The van der Waals surface area contributed by atoms with E-state index in [4.69, 9.17) is 0 Å². The number of sulfonamides is 1. The largest absolute Gasteiger partial charge is 0.340 e. The number of quaternary nitrogens is 1. The van der Waals surface area contributed by atoms with Gasteiger partial charge in [-0.25, -0.2) is 13.1 Å². The van der Waals surface area contributed by atoms with Crippen molar-refractivity contribution in [2.24, 2.45) is 0 Å². The Morgan fingerprint density at radius 3 is 2.45 bits per heavy atom. The van der Waals surface area contributed by atoms with Crippen LogP contribution in [0.25, 0.3) is 10.8 Å². The van der Waals surface area contributed by atoms with Gasteiger partial charge in [0.15, 0.2) is 0 Å². The highest BCUT2D eigenvalue weighted by Crippen LogP contribution is 2.18. The lowest BCUT2D eigenvalue weighted by atomic mass is 10.1. The first-order valence-corrected chi connectivity index (χ1v) is 8.25. The Balaban J connectivity index is 2.11. The summed E-state index contributed by atoms with van der Waals surface area (Å²) in [6, 6.07) is 13.0. The topological polar surface area (TPSA) is 50.6 Å². The predicted molar refractivity (Wildman–Crippen MR) is 81.4 cm³/mol. The molecule has 2 rings (SSSR count). The summed E-state index contributed by atoms with van der Waals surface area (Å²) in [6.07, 6.45) is 0.829. The van der Waals surface area contributed by atoms with Crippen molar-refractivity contribution in [2.75, 3.05) is 27.2 Å². The highest BCUT2D eigenvalue weighted by atomic mass is 32.2. The fourth-order valence-corrected chi connectivity index (χ4v) is 3.18. The molecule has 0 fully saturated rings. The third kappa shape index (κ3) is 3.79. The lowest BCUT2D eigenvalue weighted by Gasteiger charge is -2.09. The molecule has 0 bridgehead atoms. The van der Waals surface area contributed by atoms with Crippen LogP contribution >= 0.6 is 0 Å². The van der Waals surface area contributed by atoms with Crippen molar-refractivity contribution in [1.82, 2.24) is 4.72 Å². The number of benzene rings is 2. The van der Waals surface area contributed by atoms with E-state index in [9.17, 15) is 8.42 Å². The normalized spacial score (nSPS) is 12.2. The molecule has 5 heteroatoms. The first-order chi connectivity index (χ1) is 9.49. The number of fused-ring (bicyclic) bond motifs is 1. The maximum absolute atomic E-state index is 12.2. The van der Waals surface area contributed by atoms with E-state index < -0.39 is 10.0 Å².